The Balaban J connectivity index is 2.94. The third-order valence-corrected chi connectivity index (χ3v) is 2.83. The van der Waals surface area contributed by atoms with Crippen LogP contribution >= 0.6 is 0 Å². The van der Waals surface area contributed by atoms with Crippen LogP contribution < -0.4 is 5.73 Å². The second-order valence-corrected chi connectivity index (χ2v) is 4.83. The minimum Gasteiger partial charge on any atom is -0.398 e. The maximum atomic E-state index is 12.7. The van der Waals surface area contributed by atoms with Crippen molar-refractivity contribution in [3.63, 3.8) is 0 Å². The van der Waals surface area contributed by atoms with Crippen LogP contribution in [-0.4, -0.2) is 49.9 Å². The van der Waals surface area contributed by atoms with Crippen LogP contribution in [0.4, 0.5) is 18.9 Å². The zero-order valence-corrected chi connectivity index (χ0v) is 11.7. The Morgan fingerprint density at radius 1 is 1.20 bits per heavy atom. The molecule has 0 saturated carbocycles. The number of benzene rings is 1. The van der Waals surface area contributed by atoms with Crippen LogP contribution in [0.2, 0.25) is 0 Å². The second-order valence-electron chi connectivity index (χ2n) is 4.83. The highest BCUT2D eigenvalue weighted by Crippen LogP contribution is 2.34. The van der Waals surface area contributed by atoms with Gasteiger partial charge in [0.2, 0.25) is 0 Å². The Morgan fingerprint density at radius 3 is 2.30 bits per heavy atom. The number of anilines is 1. The van der Waals surface area contributed by atoms with Crippen molar-refractivity contribution in [2.45, 2.75) is 6.18 Å². The fraction of sp³-hybridized carbons (Fsp3) is 0.462. The molecule has 0 unspecified atom stereocenters. The van der Waals surface area contributed by atoms with Gasteiger partial charge >= 0.3 is 6.18 Å². The molecule has 0 aliphatic heterocycles. The lowest BCUT2D eigenvalue weighted by Gasteiger charge is -2.20. The first-order chi connectivity index (χ1) is 9.12. The van der Waals surface area contributed by atoms with Crippen LogP contribution in [0, 0.1) is 0 Å². The van der Waals surface area contributed by atoms with Gasteiger partial charge < -0.3 is 15.5 Å². The van der Waals surface area contributed by atoms with E-state index in [1.54, 1.807) is 7.05 Å². The van der Waals surface area contributed by atoms with E-state index in [2.05, 4.69) is 0 Å². The molecule has 1 rings (SSSR count). The molecule has 0 heterocycles. The standard InChI is InChI=1S/C13H18F3N3O/c1-18(2)6-7-19(3)12(20)9-4-5-11(17)10(8-9)13(14,15)16/h4-5,8H,6-7,17H2,1-3H3. The molecule has 20 heavy (non-hydrogen) atoms. The number of alkyl halides is 3. The summed E-state index contributed by atoms with van der Waals surface area (Å²) in [4.78, 5) is 15.3. The van der Waals surface area contributed by atoms with Gasteiger partial charge in [-0.15, -0.1) is 0 Å². The average molecular weight is 289 g/mol. The van der Waals surface area contributed by atoms with Crippen LogP contribution in [0.3, 0.4) is 0 Å². The smallest absolute Gasteiger partial charge is 0.398 e. The van der Waals surface area contributed by atoms with E-state index in [0.29, 0.717) is 13.1 Å². The fourth-order valence-corrected chi connectivity index (χ4v) is 1.61. The third kappa shape index (κ3) is 4.12. The van der Waals surface area contributed by atoms with Crippen molar-refractivity contribution in [1.82, 2.24) is 9.80 Å². The van der Waals surface area contributed by atoms with Crippen molar-refractivity contribution in [2.24, 2.45) is 0 Å². The zero-order valence-electron chi connectivity index (χ0n) is 11.7. The zero-order chi connectivity index (χ0) is 15.5. The number of hydrogen-bond acceptors (Lipinski definition) is 3. The summed E-state index contributed by atoms with van der Waals surface area (Å²) in [6.07, 6.45) is -4.57. The van der Waals surface area contributed by atoms with Gasteiger partial charge in [-0.05, 0) is 32.3 Å². The Kier molecular flexibility index (Phi) is 4.99. The van der Waals surface area contributed by atoms with Crippen LogP contribution in [0.5, 0.6) is 0 Å². The topological polar surface area (TPSA) is 49.6 Å². The van der Waals surface area contributed by atoms with Gasteiger partial charge in [0.25, 0.3) is 5.91 Å². The first-order valence-corrected chi connectivity index (χ1v) is 6.00. The first kappa shape index (κ1) is 16.3. The van der Waals surface area contributed by atoms with Crippen LogP contribution in [0.1, 0.15) is 15.9 Å². The van der Waals surface area contributed by atoms with E-state index in [0.717, 1.165) is 12.1 Å². The lowest BCUT2D eigenvalue weighted by atomic mass is 10.1. The molecule has 1 aromatic carbocycles. The van der Waals surface area contributed by atoms with E-state index in [1.807, 2.05) is 19.0 Å². The van der Waals surface area contributed by atoms with Crippen molar-refractivity contribution < 1.29 is 18.0 Å². The number of nitrogens with zero attached hydrogens (tertiary/aromatic N) is 2. The van der Waals surface area contributed by atoms with E-state index in [9.17, 15) is 18.0 Å². The summed E-state index contributed by atoms with van der Waals surface area (Å²) in [5, 5.41) is 0. The van der Waals surface area contributed by atoms with Gasteiger partial charge in [0.1, 0.15) is 0 Å². The molecule has 0 aliphatic carbocycles. The molecule has 1 amide bonds. The van der Waals surface area contributed by atoms with E-state index >= 15 is 0 Å². The summed E-state index contributed by atoms with van der Waals surface area (Å²) in [7, 11) is 5.25. The molecule has 0 bridgehead atoms. The molecule has 1 aromatic rings. The van der Waals surface area contributed by atoms with Crippen molar-refractivity contribution in [3.8, 4) is 0 Å². The van der Waals surface area contributed by atoms with Gasteiger partial charge in [0.05, 0.1) is 5.56 Å². The van der Waals surface area contributed by atoms with Gasteiger partial charge in [0.15, 0.2) is 0 Å². The Hall–Kier alpha value is -1.76. The second kappa shape index (κ2) is 6.13. The van der Waals surface area contributed by atoms with E-state index in [1.165, 1.54) is 11.0 Å². The molecule has 0 fully saturated rings. The van der Waals surface area contributed by atoms with E-state index in [4.69, 9.17) is 5.73 Å². The summed E-state index contributed by atoms with van der Waals surface area (Å²) >= 11 is 0. The monoisotopic (exact) mass is 289 g/mol. The number of rotatable bonds is 4. The highest BCUT2D eigenvalue weighted by Gasteiger charge is 2.33. The minimum absolute atomic E-state index is 0.0206. The van der Waals surface area contributed by atoms with Crippen LogP contribution in [0.15, 0.2) is 18.2 Å². The van der Waals surface area contributed by atoms with E-state index in [-0.39, 0.29) is 11.3 Å². The number of amides is 1. The van der Waals surface area contributed by atoms with Crippen molar-refractivity contribution in [1.29, 1.82) is 0 Å². The Morgan fingerprint density at radius 2 is 1.80 bits per heavy atom. The molecule has 2 N–H and O–H groups in total. The first-order valence-electron chi connectivity index (χ1n) is 6.00. The largest absolute Gasteiger partial charge is 0.418 e. The molecule has 4 nitrogen and oxygen atoms in total. The minimum atomic E-state index is -4.57. The molecule has 7 heteroatoms. The quantitative estimate of drug-likeness (QED) is 0.862. The number of carbonyl (C=O) groups excluding carboxylic acids is 1. The fourth-order valence-electron chi connectivity index (χ4n) is 1.61. The predicted molar refractivity (Wildman–Crippen MR) is 71.4 cm³/mol. The van der Waals surface area contributed by atoms with E-state index < -0.39 is 17.6 Å². The summed E-state index contributed by atoms with van der Waals surface area (Å²) < 4.78 is 38.2. The summed E-state index contributed by atoms with van der Waals surface area (Å²) in [5.74, 6) is -0.461. The van der Waals surface area contributed by atoms with Crippen molar-refractivity contribution in [3.05, 3.63) is 29.3 Å². The molecule has 0 atom stereocenters. The number of hydrogen-bond donors (Lipinski definition) is 1. The molecular formula is C13H18F3N3O. The number of likely N-dealkylation sites (N-methyl/N-ethyl adjacent to an activating group) is 2. The molecule has 0 aliphatic rings. The van der Waals surface area contributed by atoms with Gasteiger partial charge in [-0.3, -0.25) is 4.79 Å². The predicted octanol–water partition coefficient (Wildman–Crippen LogP) is 1.92. The van der Waals surface area contributed by atoms with Gasteiger partial charge in [-0.25, -0.2) is 0 Å². The number of nitrogens with two attached hydrogens (primary N) is 1. The molecule has 0 saturated heterocycles. The van der Waals surface area contributed by atoms with Crippen molar-refractivity contribution >= 4 is 11.6 Å². The molecule has 112 valence electrons. The summed E-state index contributed by atoms with van der Waals surface area (Å²) in [6.45, 7) is 1.06. The van der Waals surface area contributed by atoms with Crippen LogP contribution in [0.25, 0.3) is 0 Å². The molecular weight excluding hydrogens is 271 g/mol. The number of nitrogen functional groups attached to an aromatic ring is 1. The Bertz CT molecular complexity index is 486. The van der Waals surface area contributed by atoms with Gasteiger partial charge in [-0.1, -0.05) is 0 Å². The van der Waals surface area contributed by atoms with Crippen molar-refractivity contribution in [2.75, 3.05) is 40.0 Å². The highest BCUT2D eigenvalue weighted by molar-refractivity contribution is 5.94. The summed E-state index contributed by atoms with van der Waals surface area (Å²) in [6, 6.07) is 3.21. The highest BCUT2D eigenvalue weighted by atomic mass is 19.4. The normalized spacial score (nSPS) is 11.8. The lowest BCUT2D eigenvalue weighted by molar-refractivity contribution is -0.136. The van der Waals surface area contributed by atoms with Crippen LogP contribution in [-0.2, 0) is 6.18 Å². The summed E-state index contributed by atoms with van der Waals surface area (Å²) in [5.41, 5.74) is 3.91. The number of halogens is 3. The molecule has 0 radical (unpaired) electrons. The molecule has 0 spiro atoms. The third-order valence-electron chi connectivity index (χ3n) is 2.83. The van der Waals surface area contributed by atoms with Gasteiger partial charge in [-0.2, -0.15) is 13.2 Å². The average Bonchev–Trinajstić information content (AvgIpc) is 2.34. The molecule has 0 aromatic heterocycles. The Labute approximate surface area is 116 Å². The maximum absolute atomic E-state index is 12.7. The maximum Gasteiger partial charge on any atom is 0.418 e. The van der Waals surface area contributed by atoms with Gasteiger partial charge in [0, 0.05) is 31.4 Å². The lowest BCUT2D eigenvalue weighted by Crippen LogP contribution is -2.33. The number of carbonyl (C=O) groups is 1. The SMILES string of the molecule is CN(C)CCN(C)C(=O)c1ccc(N)c(C(F)(F)F)c1.